The molecule has 18 heavy (non-hydrogen) atoms. The van der Waals surface area contributed by atoms with Crippen LogP contribution in [0.25, 0.3) is 5.65 Å². The Morgan fingerprint density at radius 1 is 1.33 bits per heavy atom. The Morgan fingerprint density at radius 3 is 3.00 bits per heavy atom. The summed E-state index contributed by atoms with van der Waals surface area (Å²) in [5.41, 5.74) is 0.672. The number of alkyl halides is 1. The van der Waals surface area contributed by atoms with Crippen molar-refractivity contribution in [3.8, 4) is 0 Å². The smallest absolute Gasteiger partial charge is 0.200 e. The molecular weight excluding hydrogens is 296 g/mol. The van der Waals surface area contributed by atoms with Crippen molar-refractivity contribution < 1.29 is 0 Å². The summed E-state index contributed by atoms with van der Waals surface area (Å²) in [5, 5.41) is 15.7. The molecule has 1 fully saturated rings. The van der Waals surface area contributed by atoms with Crippen molar-refractivity contribution in [1.29, 1.82) is 0 Å². The molecule has 0 bridgehead atoms. The third-order valence-electron chi connectivity index (χ3n) is 3.56. The lowest BCUT2D eigenvalue weighted by Crippen LogP contribution is -2.41. The molecule has 1 saturated carbocycles. The van der Waals surface area contributed by atoms with Gasteiger partial charge in [-0.15, -0.1) is 14.8 Å². The molecule has 2 atom stereocenters. The first kappa shape index (κ1) is 11.8. The van der Waals surface area contributed by atoms with Gasteiger partial charge in [0.1, 0.15) is 0 Å². The van der Waals surface area contributed by atoms with Crippen molar-refractivity contribution in [1.82, 2.24) is 25.3 Å². The Balaban J connectivity index is 1.87. The van der Waals surface area contributed by atoms with Crippen LogP contribution in [-0.2, 0) is 0 Å². The van der Waals surface area contributed by atoms with E-state index in [4.69, 9.17) is 0 Å². The minimum Gasteiger partial charge on any atom is -0.354 e. The number of halogens is 1. The van der Waals surface area contributed by atoms with E-state index in [1.807, 2.05) is 12.1 Å². The zero-order valence-corrected chi connectivity index (χ0v) is 11.8. The highest BCUT2D eigenvalue weighted by molar-refractivity contribution is 9.09. The number of hydrogen-bond donors (Lipinski definition) is 0. The van der Waals surface area contributed by atoms with Gasteiger partial charge in [0.05, 0.1) is 0 Å². The van der Waals surface area contributed by atoms with Crippen molar-refractivity contribution in [3.63, 3.8) is 0 Å². The lowest BCUT2D eigenvalue weighted by molar-refractivity contribution is 0.441. The standard InChI is InChI=1S/C11H15BrN6/c1-17(9-5-3-2-4-8(9)12)11-7-6-10-13-15-16-18(10)14-11/h6-9H,2-5H2,1H3. The SMILES string of the molecule is CN(c1ccc2nnnn2n1)C1CCCCC1Br. The Bertz CT molecular complexity index is 541. The van der Waals surface area contributed by atoms with E-state index in [0.29, 0.717) is 16.5 Å². The van der Waals surface area contributed by atoms with Crippen LogP contribution in [0.1, 0.15) is 25.7 Å². The van der Waals surface area contributed by atoms with Crippen LogP contribution in [0.3, 0.4) is 0 Å². The average molecular weight is 311 g/mol. The number of nitrogens with zero attached hydrogens (tertiary/aromatic N) is 6. The van der Waals surface area contributed by atoms with Gasteiger partial charge in [-0.05, 0) is 35.4 Å². The highest BCUT2D eigenvalue weighted by atomic mass is 79.9. The Kier molecular flexibility index (Phi) is 3.15. The molecule has 2 heterocycles. The number of tetrazole rings is 1. The van der Waals surface area contributed by atoms with Crippen LogP contribution in [-0.4, -0.2) is 43.2 Å². The van der Waals surface area contributed by atoms with Gasteiger partial charge in [-0.3, -0.25) is 0 Å². The molecule has 7 heteroatoms. The fourth-order valence-corrected chi connectivity index (χ4v) is 3.44. The van der Waals surface area contributed by atoms with Crippen LogP contribution >= 0.6 is 15.9 Å². The Morgan fingerprint density at radius 2 is 2.17 bits per heavy atom. The molecule has 96 valence electrons. The molecule has 3 rings (SSSR count). The van der Waals surface area contributed by atoms with Crippen LogP contribution in [0.15, 0.2) is 12.1 Å². The fourth-order valence-electron chi connectivity index (χ4n) is 2.50. The maximum atomic E-state index is 4.43. The first-order chi connectivity index (χ1) is 8.75. The van der Waals surface area contributed by atoms with Crippen molar-refractivity contribution in [2.45, 2.75) is 36.6 Å². The first-order valence-electron chi connectivity index (χ1n) is 6.18. The van der Waals surface area contributed by atoms with E-state index in [0.717, 1.165) is 5.82 Å². The predicted octanol–water partition coefficient (Wildman–Crippen LogP) is 1.66. The highest BCUT2D eigenvalue weighted by Gasteiger charge is 2.27. The van der Waals surface area contributed by atoms with Gasteiger partial charge in [-0.25, -0.2) is 0 Å². The molecule has 0 saturated heterocycles. The van der Waals surface area contributed by atoms with Crippen LogP contribution in [0.2, 0.25) is 0 Å². The summed E-state index contributed by atoms with van der Waals surface area (Å²) in [5.74, 6) is 0.908. The number of fused-ring (bicyclic) bond motifs is 1. The van der Waals surface area contributed by atoms with E-state index >= 15 is 0 Å². The lowest BCUT2D eigenvalue weighted by Gasteiger charge is -2.35. The van der Waals surface area contributed by atoms with Gasteiger partial charge in [0.2, 0.25) is 0 Å². The maximum Gasteiger partial charge on any atom is 0.200 e. The summed E-state index contributed by atoms with van der Waals surface area (Å²) < 4.78 is 1.47. The minimum atomic E-state index is 0.486. The number of anilines is 1. The Labute approximate surface area is 113 Å². The van der Waals surface area contributed by atoms with Crippen LogP contribution in [0, 0.1) is 0 Å². The van der Waals surface area contributed by atoms with Crippen molar-refractivity contribution >= 4 is 27.4 Å². The van der Waals surface area contributed by atoms with Gasteiger partial charge in [0.15, 0.2) is 11.5 Å². The van der Waals surface area contributed by atoms with Crippen LogP contribution in [0.5, 0.6) is 0 Å². The van der Waals surface area contributed by atoms with E-state index in [1.165, 1.54) is 30.3 Å². The molecule has 0 spiro atoms. The van der Waals surface area contributed by atoms with Gasteiger partial charge in [0.25, 0.3) is 0 Å². The monoisotopic (exact) mass is 310 g/mol. The summed E-state index contributed by atoms with van der Waals surface area (Å²) in [6.45, 7) is 0. The van der Waals surface area contributed by atoms with E-state index in [1.54, 1.807) is 0 Å². The minimum absolute atomic E-state index is 0.486. The second-order valence-corrected chi connectivity index (χ2v) is 5.87. The summed E-state index contributed by atoms with van der Waals surface area (Å²) in [7, 11) is 2.09. The van der Waals surface area contributed by atoms with Gasteiger partial charge in [-0.1, -0.05) is 28.8 Å². The molecule has 2 aromatic heterocycles. The normalized spacial score (nSPS) is 24.3. The molecule has 6 nitrogen and oxygen atoms in total. The van der Waals surface area contributed by atoms with Gasteiger partial charge < -0.3 is 4.90 Å². The van der Waals surface area contributed by atoms with Gasteiger partial charge in [0, 0.05) is 17.9 Å². The van der Waals surface area contributed by atoms with Crippen molar-refractivity contribution in [2.24, 2.45) is 0 Å². The second-order valence-electron chi connectivity index (χ2n) is 4.70. The van der Waals surface area contributed by atoms with Crippen molar-refractivity contribution in [3.05, 3.63) is 12.1 Å². The number of rotatable bonds is 2. The third-order valence-corrected chi connectivity index (χ3v) is 4.63. The topological polar surface area (TPSA) is 59.2 Å². The summed E-state index contributed by atoms with van der Waals surface area (Å²) in [6, 6.07) is 4.35. The van der Waals surface area contributed by atoms with E-state index < -0.39 is 0 Å². The maximum absolute atomic E-state index is 4.43. The van der Waals surface area contributed by atoms with E-state index in [9.17, 15) is 0 Å². The second kappa shape index (κ2) is 4.79. The van der Waals surface area contributed by atoms with Crippen molar-refractivity contribution in [2.75, 3.05) is 11.9 Å². The number of hydrogen-bond acceptors (Lipinski definition) is 5. The zero-order chi connectivity index (χ0) is 12.5. The molecule has 0 aliphatic heterocycles. The molecule has 2 aromatic rings. The molecule has 1 aliphatic carbocycles. The molecule has 0 aromatic carbocycles. The molecule has 0 amide bonds. The van der Waals surface area contributed by atoms with Crippen LogP contribution in [0.4, 0.5) is 5.82 Å². The molecule has 0 N–H and O–H groups in total. The van der Waals surface area contributed by atoms with Gasteiger partial charge >= 0.3 is 0 Å². The van der Waals surface area contributed by atoms with Gasteiger partial charge in [-0.2, -0.15) is 0 Å². The predicted molar refractivity (Wildman–Crippen MR) is 72.0 cm³/mol. The van der Waals surface area contributed by atoms with E-state index in [-0.39, 0.29) is 0 Å². The zero-order valence-electron chi connectivity index (χ0n) is 10.2. The summed E-state index contributed by atoms with van der Waals surface area (Å²) >= 11 is 3.78. The summed E-state index contributed by atoms with van der Waals surface area (Å²) in [6.07, 6.45) is 5.01. The lowest BCUT2D eigenvalue weighted by atomic mass is 9.94. The van der Waals surface area contributed by atoms with E-state index in [2.05, 4.69) is 48.5 Å². The quantitative estimate of drug-likeness (QED) is 0.790. The first-order valence-corrected chi connectivity index (χ1v) is 7.09. The molecular formula is C11H15BrN6. The molecule has 2 unspecified atom stereocenters. The molecule has 0 radical (unpaired) electrons. The summed E-state index contributed by atoms with van der Waals surface area (Å²) in [4.78, 5) is 2.75. The average Bonchev–Trinajstić information content (AvgIpc) is 2.85. The highest BCUT2D eigenvalue weighted by Crippen LogP contribution is 2.29. The third kappa shape index (κ3) is 2.07. The fraction of sp³-hybridized carbons (Fsp3) is 0.636. The van der Waals surface area contributed by atoms with Crippen LogP contribution < -0.4 is 4.90 Å². The largest absolute Gasteiger partial charge is 0.354 e. The Hall–Kier alpha value is -1.24. The number of aromatic nitrogens is 5. The molecule has 1 aliphatic rings.